The van der Waals surface area contributed by atoms with Gasteiger partial charge >= 0.3 is 0 Å². The van der Waals surface area contributed by atoms with Gasteiger partial charge in [-0.2, -0.15) is 0 Å². The van der Waals surface area contributed by atoms with Gasteiger partial charge in [0.25, 0.3) is 0 Å². The molecular formula is C13H27NO. The molecule has 0 aliphatic heterocycles. The lowest BCUT2D eigenvalue weighted by molar-refractivity contribution is 0.0278. The summed E-state index contributed by atoms with van der Waals surface area (Å²) in [6, 6.07) is 0. The minimum absolute atomic E-state index is 0.241. The van der Waals surface area contributed by atoms with Gasteiger partial charge in [-0.3, -0.25) is 0 Å². The summed E-state index contributed by atoms with van der Waals surface area (Å²) in [5, 5.41) is 0. The molecule has 0 saturated heterocycles. The maximum absolute atomic E-state index is 5.95. The highest BCUT2D eigenvalue weighted by Gasteiger charge is 2.17. The van der Waals surface area contributed by atoms with E-state index in [0.29, 0.717) is 6.10 Å². The van der Waals surface area contributed by atoms with E-state index in [1.54, 1.807) is 0 Å². The van der Waals surface area contributed by atoms with Crippen LogP contribution >= 0.6 is 0 Å². The Hall–Kier alpha value is -0.0800. The molecule has 0 atom stereocenters. The molecule has 1 aliphatic rings. The Kier molecular flexibility index (Phi) is 5.62. The maximum Gasteiger partial charge on any atom is 0.0575 e. The van der Waals surface area contributed by atoms with Crippen LogP contribution in [0.4, 0.5) is 0 Å². The lowest BCUT2D eigenvalue weighted by Gasteiger charge is -2.24. The van der Waals surface area contributed by atoms with E-state index in [9.17, 15) is 0 Å². The van der Waals surface area contributed by atoms with E-state index in [1.165, 1.54) is 38.5 Å². The van der Waals surface area contributed by atoms with Crippen LogP contribution in [0.3, 0.4) is 0 Å². The molecule has 90 valence electrons. The highest BCUT2D eigenvalue weighted by Crippen LogP contribution is 2.22. The van der Waals surface area contributed by atoms with Crippen molar-refractivity contribution in [2.75, 3.05) is 13.2 Å². The topological polar surface area (TPSA) is 35.2 Å². The highest BCUT2D eigenvalue weighted by molar-refractivity contribution is 4.70. The molecule has 0 bridgehead atoms. The van der Waals surface area contributed by atoms with Gasteiger partial charge in [0.1, 0.15) is 0 Å². The Morgan fingerprint density at radius 3 is 2.27 bits per heavy atom. The van der Waals surface area contributed by atoms with E-state index in [2.05, 4.69) is 13.8 Å². The first kappa shape index (κ1) is 13.0. The fourth-order valence-corrected chi connectivity index (χ4v) is 2.01. The molecule has 1 rings (SSSR count). The molecule has 1 aliphatic carbocycles. The first-order valence-corrected chi connectivity index (χ1v) is 6.46. The molecule has 0 aromatic rings. The first-order valence-electron chi connectivity index (χ1n) is 6.46. The summed E-state index contributed by atoms with van der Waals surface area (Å²) in [6.45, 7) is 6.06. The summed E-state index contributed by atoms with van der Waals surface area (Å²) in [7, 11) is 0. The summed E-state index contributed by atoms with van der Waals surface area (Å²) in [6.07, 6.45) is 9.64. The Balaban J connectivity index is 2.13. The van der Waals surface area contributed by atoms with Gasteiger partial charge in [0.15, 0.2) is 0 Å². The van der Waals surface area contributed by atoms with Gasteiger partial charge in [-0.05, 0) is 31.2 Å². The van der Waals surface area contributed by atoms with E-state index < -0.39 is 0 Å². The van der Waals surface area contributed by atoms with Crippen molar-refractivity contribution in [3.8, 4) is 0 Å². The molecule has 1 fully saturated rings. The van der Waals surface area contributed by atoms with Crippen LogP contribution in [0.2, 0.25) is 0 Å². The zero-order valence-electron chi connectivity index (χ0n) is 10.4. The van der Waals surface area contributed by atoms with Gasteiger partial charge < -0.3 is 10.5 Å². The Labute approximate surface area is 94.6 Å². The van der Waals surface area contributed by atoms with Gasteiger partial charge in [-0.15, -0.1) is 0 Å². The fourth-order valence-electron chi connectivity index (χ4n) is 2.01. The van der Waals surface area contributed by atoms with Gasteiger partial charge in [-0.25, -0.2) is 0 Å². The largest absolute Gasteiger partial charge is 0.378 e. The Morgan fingerprint density at radius 2 is 1.73 bits per heavy atom. The SMILES string of the molecule is CC(C)(CN)CCOC1CCCCCC1. The van der Waals surface area contributed by atoms with Crippen molar-refractivity contribution in [1.29, 1.82) is 0 Å². The molecule has 15 heavy (non-hydrogen) atoms. The van der Waals surface area contributed by atoms with E-state index in [-0.39, 0.29) is 5.41 Å². The number of rotatable bonds is 5. The van der Waals surface area contributed by atoms with Crippen LogP contribution in [0.25, 0.3) is 0 Å². The normalized spacial score (nSPS) is 20.2. The van der Waals surface area contributed by atoms with Crippen molar-refractivity contribution in [2.24, 2.45) is 11.1 Å². The average molecular weight is 213 g/mol. The summed E-state index contributed by atoms with van der Waals surface area (Å²) in [5.41, 5.74) is 5.94. The third-order valence-electron chi connectivity index (χ3n) is 3.49. The molecule has 0 amide bonds. The number of hydrogen-bond acceptors (Lipinski definition) is 2. The van der Waals surface area contributed by atoms with Crippen molar-refractivity contribution in [2.45, 2.75) is 64.9 Å². The predicted octanol–water partition coefficient (Wildman–Crippen LogP) is 3.10. The molecule has 0 aromatic heterocycles. The molecule has 0 unspecified atom stereocenters. The molecule has 0 spiro atoms. The minimum Gasteiger partial charge on any atom is -0.378 e. The zero-order valence-corrected chi connectivity index (χ0v) is 10.4. The third kappa shape index (κ3) is 5.53. The van der Waals surface area contributed by atoms with Crippen LogP contribution in [-0.4, -0.2) is 19.3 Å². The number of nitrogens with two attached hydrogens (primary N) is 1. The van der Waals surface area contributed by atoms with Crippen LogP contribution in [0.5, 0.6) is 0 Å². The quantitative estimate of drug-likeness (QED) is 0.712. The van der Waals surface area contributed by atoms with Crippen LogP contribution in [0.1, 0.15) is 58.8 Å². The lowest BCUT2D eigenvalue weighted by atomic mass is 9.90. The molecule has 2 nitrogen and oxygen atoms in total. The van der Waals surface area contributed by atoms with E-state index in [1.807, 2.05) is 0 Å². The van der Waals surface area contributed by atoms with Crippen LogP contribution in [-0.2, 0) is 4.74 Å². The standard InChI is InChI=1S/C13H27NO/c1-13(2,11-14)9-10-15-12-7-5-3-4-6-8-12/h12H,3-11,14H2,1-2H3. The van der Waals surface area contributed by atoms with Crippen molar-refractivity contribution >= 4 is 0 Å². The van der Waals surface area contributed by atoms with Crippen molar-refractivity contribution in [3.05, 3.63) is 0 Å². The van der Waals surface area contributed by atoms with Crippen molar-refractivity contribution < 1.29 is 4.74 Å². The first-order chi connectivity index (χ1) is 7.14. The summed E-state index contributed by atoms with van der Waals surface area (Å²) in [4.78, 5) is 0. The summed E-state index contributed by atoms with van der Waals surface area (Å²) < 4.78 is 5.95. The fraction of sp³-hybridized carbons (Fsp3) is 1.00. The van der Waals surface area contributed by atoms with E-state index in [0.717, 1.165) is 19.6 Å². The van der Waals surface area contributed by atoms with E-state index >= 15 is 0 Å². The Bertz CT molecular complexity index is 160. The monoisotopic (exact) mass is 213 g/mol. The van der Waals surface area contributed by atoms with Gasteiger partial charge in [0.05, 0.1) is 6.10 Å². The van der Waals surface area contributed by atoms with Gasteiger partial charge in [0.2, 0.25) is 0 Å². The summed E-state index contributed by atoms with van der Waals surface area (Å²) in [5.74, 6) is 0. The smallest absolute Gasteiger partial charge is 0.0575 e. The minimum atomic E-state index is 0.241. The second-order valence-electron chi connectivity index (χ2n) is 5.60. The molecule has 0 heterocycles. The van der Waals surface area contributed by atoms with Gasteiger partial charge in [0, 0.05) is 6.61 Å². The average Bonchev–Trinajstić information content (AvgIpc) is 2.46. The molecular weight excluding hydrogens is 186 g/mol. The predicted molar refractivity (Wildman–Crippen MR) is 64.9 cm³/mol. The molecule has 2 N–H and O–H groups in total. The van der Waals surface area contributed by atoms with Crippen LogP contribution < -0.4 is 5.73 Å². The van der Waals surface area contributed by atoms with Crippen LogP contribution in [0.15, 0.2) is 0 Å². The van der Waals surface area contributed by atoms with Gasteiger partial charge in [-0.1, -0.05) is 39.5 Å². The second-order valence-corrected chi connectivity index (χ2v) is 5.60. The Morgan fingerprint density at radius 1 is 1.13 bits per heavy atom. The van der Waals surface area contributed by atoms with Crippen molar-refractivity contribution in [3.63, 3.8) is 0 Å². The number of hydrogen-bond donors (Lipinski definition) is 1. The molecule has 0 radical (unpaired) electrons. The molecule has 0 aromatic carbocycles. The van der Waals surface area contributed by atoms with Crippen molar-refractivity contribution in [1.82, 2.24) is 0 Å². The molecule has 1 saturated carbocycles. The third-order valence-corrected chi connectivity index (χ3v) is 3.49. The maximum atomic E-state index is 5.95. The zero-order chi connectivity index (χ0) is 11.1. The van der Waals surface area contributed by atoms with E-state index in [4.69, 9.17) is 10.5 Å². The second kappa shape index (κ2) is 6.49. The lowest BCUT2D eigenvalue weighted by Crippen LogP contribution is -2.26. The molecule has 2 heteroatoms. The summed E-state index contributed by atoms with van der Waals surface area (Å²) >= 11 is 0. The number of ether oxygens (including phenoxy) is 1. The van der Waals surface area contributed by atoms with Crippen LogP contribution in [0, 0.1) is 5.41 Å². The highest BCUT2D eigenvalue weighted by atomic mass is 16.5.